The lowest BCUT2D eigenvalue weighted by Crippen LogP contribution is -2.32. The van der Waals surface area contributed by atoms with Gasteiger partial charge in [-0.15, -0.1) is 0 Å². The zero-order valence-electron chi connectivity index (χ0n) is 10.5. The lowest BCUT2D eigenvalue weighted by molar-refractivity contribution is 0.325. The van der Waals surface area contributed by atoms with Gasteiger partial charge in [0.15, 0.2) is 0 Å². The summed E-state index contributed by atoms with van der Waals surface area (Å²) in [6, 6.07) is 2.51. The number of anilines is 1. The smallest absolute Gasteiger partial charge is 0.218 e. The van der Waals surface area contributed by atoms with Crippen LogP contribution in [0.4, 0.5) is 5.82 Å². The molecule has 5 heteroatoms. The van der Waals surface area contributed by atoms with E-state index in [0.717, 1.165) is 18.2 Å². The minimum Gasteiger partial charge on any atom is -0.478 e. The maximum Gasteiger partial charge on any atom is 0.218 e. The van der Waals surface area contributed by atoms with Gasteiger partial charge in [-0.05, 0) is 26.7 Å². The van der Waals surface area contributed by atoms with Gasteiger partial charge in [0.25, 0.3) is 0 Å². The SMILES string of the molecule is CCOc1cc(N(CCN)C2CC2)nc(C)n1. The van der Waals surface area contributed by atoms with Gasteiger partial charge in [0.1, 0.15) is 11.6 Å². The molecule has 0 aliphatic heterocycles. The Hall–Kier alpha value is -1.36. The Morgan fingerprint density at radius 2 is 2.24 bits per heavy atom. The van der Waals surface area contributed by atoms with Gasteiger partial charge >= 0.3 is 0 Å². The van der Waals surface area contributed by atoms with Crippen LogP contribution in [0.25, 0.3) is 0 Å². The second kappa shape index (κ2) is 5.31. The van der Waals surface area contributed by atoms with Crippen LogP contribution in [0.15, 0.2) is 6.07 Å². The molecule has 1 fully saturated rings. The fourth-order valence-corrected chi connectivity index (χ4v) is 1.90. The van der Waals surface area contributed by atoms with Crippen molar-refractivity contribution in [1.29, 1.82) is 0 Å². The van der Waals surface area contributed by atoms with E-state index in [4.69, 9.17) is 10.5 Å². The first-order valence-corrected chi connectivity index (χ1v) is 6.19. The number of ether oxygens (including phenoxy) is 1. The minimum absolute atomic E-state index is 0.599. The van der Waals surface area contributed by atoms with Crippen molar-refractivity contribution in [3.05, 3.63) is 11.9 Å². The highest BCUT2D eigenvalue weighted by Gasteiger charge is 2.29. The third kappa shape index (κ3) is 3.06. The van der Waals surface area contributed by atoms with E-state index in [0.29, 0.717) is 25.1 Å². The van der Waals surface area contributed by atoms with E-state index in [1.807, 2.05) is 19.9 Å². The maximum atomic E-state index is 5.65. The summed E-state index contributed by atoms with van der Waals surface area (Å²) >= 11 is 0. The molecule has 0 radical (unpaired) electrons. The Balaban J connectivity index is 2.22. The van der Waals surface area contributed by atoms with E-state index < -0.39 is 0 Å². The molecule has 0 spiro atoms. The molecule has 2 N–H and O–H groups in total. The lowest BCUT2D eigenvalue weighted by Gasteiger charge is -2.23. The van der Waals surface area contributed by atoms with Gasteiger partial charge < -0.3 is 15.4 Å². The predicted molar refractivity (Wildman–Crippen MR) is 67.4 cm³/mol. The zero-order chi connectivity index (χ0) is 12.3. The summed E-state index contributed by atoms with van der Waals surface area (Å²) in [4.78, 5) is 11.0. The third-order valence-electron chi connectivity index (χ3n) is 2.75. The van der Waals surface area contributed by atoms with Crippen molar-refractivity contribution >= 4 is 5.82 Å². The first kappa shape index (κ1) is 12.1. The van der Waals surface area contributed by atoms with Crippen LogP contribution in [0.1, 0.15) is 25.6 Å². The Bertz CT molecular complexity index is 379. The van der Waals surface area contributed by atoms with Crippen molar-refractivity contribution in [2.24, 2.45) is 5.73 Å². The number of rotatable bonds is 6. The minimum atomic E-state index is 0.599. The first-order chi connectivity index (χ1) is 8.24. The molecule has 0 atom stereocenters. The van der Waals surface area contributed by atoms with E-state index in [9.17, 15) is 0 Å². The van der Waals surface area contributed by atoms with Gasteiger partial charge in [0, 0.05) is 25.2 Å². The molecule has 1 saturated carbocycles. The number of nitrogens with two attached hydrogens (primary N) is 1. The molecule has 1 aliphatic rings. The summed E-state index contributed by atoms with van der Waals surface area (Å²) in [5.41, 5.74) is 5.65. The number of aryl methyl sites for hydroxylation is 1. The Labute approximate surface area is 102 Å². The monoisotopic (exact) mass is 236 g/mol. The van der Waals surface area contributed by atoms with Crippen LogP contribution in [-0.4, -0.2) is 35.7 Å². The zero-order valence-corrected chi connectivity index (χ0v) is 10.5. The molecule has 1 aromatic heterocycles. The quantitative estimate of drug-likeness (QED) is 0.801. The van der Waals surface area contributed by atoms with Crippen molar-refractivity contribution in [2.75, 3.05) is 24.6 Å². The summed E-state index contributed by atoms with van der Waals surface area (Å²) in [6.07, 6.45) is 2.46. The maximum absolute atomic E-state index is 5.65. The van der Waals surface area contributed by atoms with E-state index in [2.05, 4.69) is 14.9 Å². The van der Waals surface area contributed by atoms with Crippen LogP contribution in [0.3, 0.4) is 0 Å². The second-order valence-corrected chi connectivity index (χ2v) is 4.26. The molecular formula is C12H20N4O. The molecule has 17 heavy (non-hydrogen) atoms. The molecule has 1 aromatic rings. The first-order valence-electron chi connectivity index (χ1n) is 6.19. The summed E-state index contributed by atoms with van der Waals surface area (Å²) in [5, 5.41) is 0. The number of nitrogens with zero attached hydrogens (tertiary/aromatic N) is 3. The van der Waals surface area contributed by atoms with Crippen LogP contribution >= 0.6 is 0 Å². The summed E-state index contributed by atoms with van der Waals surface area (Å²) in [6.45, 7) is 5.95. The Kier molecular flexibility index (Phi) is 3.78. The van der Waals surface area contributed by atoms with Gasteiger partial charge in [-0.3, -0.25) is 0 Å². The van der Waals surface area contributed by atoms with Crippen molar-refractivity contribution in [1.82, 2.24) is 9.97 Å². The number of hydrogen-bond donors (Lipinski definition) is 1. The van der Waals surface area contributed by atoms with E-state index in [1.165, 1.54) is 12.8 Å². The molecule has 1 aliphatic carbocycles. The normalized spacial score (nSPS) is 14.8. The predicted octanol–water partition coefficient (Wildman–Crippen LogP) is 1.11. The molecular weight excluding hydrogens is 216 g/mol. The topological polar surface area (TPSA) is 64.3 Å². The molecule has 0 aromatic carbocycles. The Morgan fingerprint density at radius 1 is 1.47 bits per heavy atom. The highest BCUT2D eigenvalue weighted by Crippen LogP contribution is 2.31. The van der Waals surface area contributed by atoms with Crippen molar-refractivity contribution in [3.63, 3.8) is 0 Å². The summed E-state index contributed by atoms with van der Waals surface area (Å²) in [7, 11) is 0. The fraction of sp³-hybridized carbons (Fsp3) is 0.667. The van der Waals surface area contributed by atoms with Crippen molar-refractivity contribution < 1.29 is 4.74 Å². The lowest BCUT2D eigenvalue weighted by atomic mass is 10.4. The average molecular weight is 236 g/mol. The van der Waals surface area contributed by atoms with Crippen LogP contribution in [0.5, 0.6) is 5.88 Å². The van der Waals surface area contributed by atoms with Crippen LogP contribution in [-0.2, 0) is 0 Å². The van der Waals surface area contributed by atoms with Gasteiger partial charge in [-0.2, -0.15) is 4.98 Å². The van der Waals surface area contributed by atoms with E-state index in [-0.39, 0.29) is 0 Å². The molecule has 0 unspecified atom stereocenters. The highest BCUT2D eigenvalue weighted by atomic mass is 16.5. The highest BCUT2D eigenvalue weighted by molar-refractivity contribution is 5.44. The van der Waals surface area contributed by atoms with Crippen LogP contribution in [0.2, 0.25) is 0 Å². The third-order valence-corrected chi connectivity index (χ3v) is 2.75. The van der Waals surface area contributed by atoms with E-state index in [1.54, 1.807) is 0 Å². The standard InChI is InChI=1S/C12H20N4O/c1-3-17-12-8-11(14-9(2)15-12)16(7-6-13)10-4-5-10/h8,10H,3-7,13H2,1-2H3. The largest absolute Gasteiger partial charge is 0.478 e. The number of aromatic nitrogens is 2. The van der Waals surface area contributed by atoms with Crippen LogP contribution in [0, 0.1) is 6.92 Å². The summed E-state index contributed by atoms with van der Waals surface area (Å²) in [5.74, 6) is 2.33. The molecule has 1 heterocycles. The van der Waals surface area contributed by atoms with Gasteiger partial charge in [-0.1, -0.05) is 0 Å². The molecule has 0 amide bonds. The van der Waals surface area contributed by atoms with Crippen molar-refractivity contribution in [2.45, 2.75) is 32.7 Å². The molecule has 5 nitrogen and oxygen atoms in total. The molecule has 2 rings (SSSR count). The van der Waals surface area contributed by atoms with Gasteiger partial charge in [-0.25, -0.2) is 4.98 Å². The average Bonchev–Trinajstić information content (AvgIpc) is 3.09. The Morgan fingerprint density at radius 3 is 2.82 bits per heavy atom. The van der Waals surface area contributed by atoms with Crippen LogP contribution < -0.4 is 15.4 Å². The van der Waals surface area contributed by atoms with Crippen molar-refractivity contribution in [3.8, 4) is 5.88 Å². The molecule has 0 saturated heterocycles. The summed E-state index contributed by atoms with van der Waals surface area (Å²) < 4.78 is 5.45. The molecule has 0 bridgehead atoms. The second-order valence-electron chi connectivity index (χ2n) is 4.26. The number of hydrogen-bond acceptors (Lipinski definition) is 5. The van der Waals surface area contributed by atoms with Gasteiger partial charge in [0.2, 0.25) is 5.88 Å². The molecule has 94 valence electrons. The fourth-order valence-electron chi connectivity index (χ4n) is 1.90. The van der Waals surface area contributed by atoms with Gasteiger partial charge in [0.05, 0.1) is 6.61 Å². The van der Waals surface area contributed by atoms with E-state index >= 15 is 0 Å².